The molecule has 5 heteroatoms. The summed E-state index contributed by atoms with van der Waals surface area (Å²) < 4.78 is 11.1. The molecule has 0 radical (unpaired) electrons. The van der Waals surface area contributed by atoms with E-state index in [2.05, 4.69) is 5.43 Å². The number of hydrazine groups is 1. The highest BCUT2D eigenvalue weighted by molar-refractivity contribution is 6.31. The Labute approximate surface area is 115 Å². The lowest BCUT2D eigenvalue weighted by Gasteiger charge is -2.10. The predicted octanol–water partition coefficient (Wildman–Crippen LogP) is 3.54. The number of fused-ring (bicyclic) bond motifs is 1. The maximum absolute atomic E-state index is 5.96. The molecule has 0 spiro atoms. The molecular weight excluding hydrogens is 264 g/mol. The molecule has 0 saturated carbocycles. The Morgan fingerprint density at radius 3 is 2.79 bits per heavy atom. The number of aryl methyl sites for hydroxylation is 1. The third kappa shape index (κ3) is 2.26. The number of nitrogens with one attached hydrogen (secondary N) is 1. The Hall–Kier alpha value is -1.75. The minimum atomic E-state index is -0.247. The quantitative estimate of drug-likeness (QED) is 0.567. The van der Waals surface area contributed by atoms with Crippen molar-refractivity contribution in [2.24, 2.45) is 5.84 Å². The Morgan fingerprint density at radius 2 is 2.11 bits per heavy atom. The number of hydrogen-bond donors (Lipinski definition) is 2. The summed E-state index contributed by atoms with van der Waals surface area (Å²) in [5.41, 5.74) is 4.44. The molecule has 2 aromatic heterocycles. The molecule has 1 unspecified atom stereocenters. The topological polar surface area (TPSA) is 64.3 Å². The van der Waals surface area contributed by atoms with Crippen molar-refractivity contribution in [2.75, 3.05) is 0 Å². The van der Waals surface area contributed by atoms with E-state index in [-0.39, 0.29) is 6.04 Å². The molecule has 1 aromatic carbocycles. The van der Waals surface area contributed by atoms with Crippen LogP contribution in [0.15, 0.2) is 45.4 Å². The van der Waals surface area contributed by atoms with Gasteiger partial charge >= 0.3 is 0 Å². The first-order valence-electron chi connectivity index (χ1n) is 5.87. The van der Waals surface area contributed by atoms with Gasteiger partial charge in [0.25, 0.3) is 0 Å². The van der Waals surface area contributed by atoms with Crippen molar-refractivity contribution in [1.82, 2.24) is 5.43 Å². The van der Waals surface area contributed by atoms with Crippen LogP contribution in [-0.4, -0.2) is 0 Å². The lowest BCUT2D eigenvalue weighted by molar-refractivity contribution is 0.470. The molecule has 4 nitrogen and oxygen atoms in total. The van der Waals surface area contributed by atoms with E-state index in [1.165, 1.54) is 0 Å². The molecule has 0 aliphatic carbocycles. The van der Waals surface area contributed by atoms with Crippen LogP contribution in [0.3, 0.4) is 0 Å². The Bertz CT molecular complexity index is 717. The molecule has 2 heterocycles. The molecule has 98 valence electrons. The first-order valence-corrected chi connectivity index (χ1v) is 6.25. The third-order valence-corrected chi connectivity index (χ3v) is 3.27. The molecule has 0 fully saturated rings. The number of benzene rings is 1. The van der Waals surface area contributed by atoms with Crippen molar-refractivity contribution in [3.8, 4) is 0 Å². The van der Waals surface area contributed by atoms with E-state index in [9.17, 15) is 0 Å². The van der Waals surface area contributed by atoms with E-state index in [1.54, 1.807) is 12.3 Å². The van der Waals surface area contributed by atoms with Gasteiger partial charge in [0, 0.05) is 16.0 Å². The van der Waals surface area contributed by atoms with Gasteiger partial charge < -0.3 is 8.83 Å². The average Bonchev–Trinajstić information content (AvgIpc) is 2.96. The minimum absolute atomic E-state index is 0.247. The summed E-state index contributed by atoms with van der Waals surface area (Å²) in [7, 11) is 0. The van der Waals surface area contributed by atoms with Gasteiger partial charge in [0.05, 0.1) is 6.26 Å². The fourth-order valence-corrected chi connectivity index (χ4v) is 2.32. The van der Waals surface area contributed by atoms with Crippen LogP contribution >= 0.6 is 11.6 Å². The SMILES string of the molecule is Cc1cc(C(NN)c2cc3cc(Cl)ccc3o2)co1. The van der Waals surface area contributed by atoms with E-state index in [0.717, 1.165) is 28.1 Å². The second-order valence-corrected chi connectivity index (χ2v) is 4.86. The van der Waals surface area contributed by atoms with Crippen LogP contribution in [0.25, 0.3) is 11.0 Å². The fraction of sp³-hybridized carbons (Fsp3) is 0.143. The Kier molecular flexibility index (Phi) is 3.06. The smallest absolute Gasteiger partial charge is 0.134 e. The van der Waals surface area contributed by atoms with Crippen molar-refractivity contribution >= 4 is 22.6 Å². The van der Waals surface area contributed by atoms with Crippen LogP contribution in [0, 0.1) is 6.92 Å². The zero-order chi connectivity index (χ0) is 13.4. The summed E-state index contributed by atoms with van der Waals surface area (Å²) in [6.45, 7) is 1.88. The average molecular weight is 277 g/mol. The van der Waals surface area contributed by atoms with E-state index < -0.39 is 0 Å². The van der Waals surface area contributed by atoms with Crippen molar-refractivity contribution in [3.05, 3.63) is 58.7 Å². The maximum Gasteiger partial charge on any atom is 0.134 e. The Balaban J connectivity index is 2.06. The summed E-state index contributed by atoms with van der Waals surface area (Å²) in [6, 6.07) is 9.10. The van der Waals surface area contributed by atoms with Crippen LogP contribution in [0.2, 0.25) is 5.02 Å². The van der Waals surface area contributed by atoms with Gasteiger partial charge in [0.1, 0.15) is 23.1 Å². The maximum atomic E-state index is 5.96. The van der Waals surface area contributed by atoms with E-state index >= 15 is 0 Å². The molecule has 3 N–H and O–H groups in total. The van der Waals surface area contributed by atoms with Gasteiger partial charge in [-0.2, -0.15) is 0 Å². The number of halogens is 1. The van der Waals surface area contributed by atoms with Gasteiger partial charge in [-0.3, -0.25) is 5.84 Å². The molecule has 0 aliphatic heterocycles. The zero-order valence-corrected chi connectivity index (χ0v) is 11.1. The largest absolute Gasteiger partial charge is 0.469 e. The van der Waals surface area contributed by atoms with Crippen LogP contribution in [0.4, 0.5) is 0 Å². The van der Waals surface area contributed by atoms with Crippen molar-refractivity contribution < 1.29 is 8.83 Å². The molecule has 0 aliphatic rings. The summed E-state index contributed by atoms with van der Waals surface area (Å²) in [5, 5.41) is 1.62. The van der Waals surface area contributed by atoms with Gasteiger partial charge in [-0.15, -0.1) is 0 Å². The first-order chi connectivity index (χ1) is 9.17. The van der Waals surface area contributed by atoms with Gasteiger partial charge in [0.2, 0.25) is 0 Å². The fourth-order valence-electron chi connectivity index (χ4n) is 2.13. The second-order valence-electron chi connectivity index (χ2n) is 4.42. The van der Waals surface area contributed by atoms with Crippen LogP contribution < -0.4 is 11.3 Å². The summed E-state index contributed by atoms with van der Waals surface area (Å²) in [6.07, 6.45) is 1.67. The molecule has 0 amide bonds. The van der Waals surface area contributed by atoms with Gasteiger partial charge in [-0.1, -0.05) is 11.6 Å². The molecule has 1 atom stereocenters. The van der Waals surface area contributed by atoms with Crippen molar-refractivity contribution in [1.29, 1.82) is 0 Å². The lowest BCUT2D eigenvalue weighted by atomic mass is 10.1. The molecule has 3 aromatic rings. The molecule has 0 saturated heterocycles. The summed E-state index contributed by atoms with van der Waals surface area (Å²) in [5.74, 6) is 7.17. The van der Waals surface area contributed by atoms with Crippen LogP contribution in [0.1, 0.15) is 23.1 Å². The molecule has 3 rings (SSSR count). The summed E-state index contributed by atoms with van der Waals surface area (Å²) >= 11 is 5.96. The summed E-state index contributed by atoms with van der Waals surface area (Å²) in [4.78, 5) is 0. The van der Waals surface area contributed by atoms with E-state index in [1.807, 2.05) is 31.2 Å². The molecular formula is C14H13ClN2O2. The number of furan rings is 2. The molecule has 0 bridgehead atoms. The predicted molar refractivity (Wildman–Crippen MR) is 73.8 cm³/mol. The van der Waals surface area contributed by atoms with Crippen molar-refractivity contribution in [3.63, 3.8) is 0 Å². The first kappa shape index (κ1) is 12.3. The van der Waals surface area contributed by atoms with Gasteiger partial charge in [0.15, 0.2) is 0 Å². The highest BCUT2D eigenvalue weighted by Crippen LogP contribution is 2.30. The van der Waals surface area contributed by atoms with Crippen LogP contribution in [-0.2, 0) is 0 Å². The normalized spacial score (nSPS) is 13.0. The highest BCUT2D eigenvalue weighted by Gasteiger charge is 2.19. The zero-order valence-electron chi connectivity index (χ0n) is 10.3. The lowest BCUT2D eigenvalue weighted by Crippen LogP contribution is -2.28. The van der Waals surface area contributed by atoms with E-state index in [4.69, 9.17) is 26.3 Å². The minimum Gasteiger partial charge on any atom is -0.469 e. The molecule has 19 heavy (non-hydrogen) atoms. The number of hydrogen-bond acceptors (Lipinski definition) is 4. The van der Waals surface area contributed by atoms with E-state index in [0.29, 0.717) is 5.02 Å². The van der Waals surface area contributed by atoms with Crippen molar-refractivity contribution in [2.45, 2.75) is 13.0 Å². The van der Waals surface area contributed by atoms with Gasteiger partial charge in [-0.25, -0.2) is 5.43 Å². The standard InChI is InChI=1S/C14H13ClN2O2/c1-8-4-10(7-18-8)14(17-16)13-6-9-5-11(15)2-3-12(9)19-13/h2-7,14,17H,16H2,1H3. The second kappa shape index (κ2) is 4.74. The number of nitrogens with two attached hydrogens (primary N) is 1. The number of rotatable bonds is 3. The monoisotopic (exact) mass is 276 g/mol. The van der Waals surface area contributed by atoms with Crippen LogP contribution in [0.5, 0.6) is 0 Å². The Morgan fingerprint density at radius 1 is 1.26 bits per heavy atom. The third-order valence-electron chi connectivity index (χ3n) is 3.03. The van der Waals surface area contributed by atoms with Gasteiger partial charge in [-0.05, 0) is 37.3 Å². The highest BCUT2D eigenvalue weighted by atomic mass is 35.5.